The van der Waals surface area contributed by atoms with Gasteiger partial charge in [-0.2, -0.15) is 0 Å². The summed E-state index contributed by atoms with van der Waals surface area (Å²) in [6.07, 6.45) is -1.65. The van der Waals surface area contributed by atoms with Crippen LogP contribution in [0.3, 0.4) is 0 Å². The number of ether oxygens (including phenoxy) is 1. The van der Waals surface area contributed by atoms with Gasteiger partial charge in [-0.05, 0) is 47.3 Å². The number of alkyl halides is 3. The zero-order chi connectivity index (χ0) is 20.1. The second kappa shape index (κ2) is 8.17. The number of carbonyl (C=O) groups is 2. The lowest BCUT2D eigenvalue weighted by Gasteiger charge is -2.10. The number of thiophene rings is 1. The van der Waals surface area contributed by atoms with Gasteiger partial charge >= 0.3 is 18.2 Å². The van der Waals surface area contributed by atoms with Crippen molar-refractivity contribution in [3.63, 3.8) is 0 Å². The third-order valence-electron chi connectivity index (χ3n) is 3.48. The van der Waals surface area contributed by atoms with Crippen LogP contribution in [-0.4, -0.2) is 18.2 Å². The lowest BCUT2D eigenvalue weighted by Crippen LogP contribution is -2.34. The van der Waals surface area contributed by atoms with Crippen LogP contribution in [-0.2, 0) is 16.1 Å². The number of nitrogens with one attached hydrogen (secondary N) is 2. The summed E-state index contributed by atoms with van der Waals surface area (Å²) in [5.74, 6) is -2.23. The molecule has 0 unspecified atom stereocenters. The minimum atomic E-state index is -4.80. The number of furan rings is 1. The van der Waals surface area contributed by atoms with Gasteiger partial charge in [0.25, 0.3) is 0 Å². The molecule has 2 heterocycles. The average Bonchev–Trinajstić information content (AvgIpc) is 3.31. The van der Waals surface area contributed by atoms with E-state index in [1.807, 2.05) is 17.5 Å². The topological polar surface area (TPSA) is 80.6 Å². The summed E-state index contributed by atoms with van der Waals surface area (Å²) in [5, 5.41) is 6.68. The number of halogens is 3. The Morgan fingerprint density at radius 1 is 1.07 bits per heavy atom. The third kappa shape index (κ3) is 5.36. The van der Waals surface area contributed by atoms with Crippen LogP contribution in [0.2, 0.25) is 0 Å². The van der Waals surface area contributed by atoms with Crippen molar-refractivity contribution in [3.05, 3.63) is 59.2 Å². The van der Waals surface area contributed by atoms with E-state index >= 15 is 0 Å². The standard InChI is InChI=1S/C18H13F3N2O4S/c19-18(20,21)27-14-3-1-13(2-4-14)23-17(25)16(24)22-8-15-7-12(10-28-15)11-5-6-26-9-11/h1-7,9-10H,8H2,(H,22,24)(H,23,25). The SMILES string of the molecule is O=C(NCc1cc(-c2ccoc2)cs1)C(=O)Nc1ccc(OC(F)(F)F)cc1. The molecule has 0 bridgehead atoms. The molecule has 3 aromatic rings. The molecule has 10 heteroatoms. The molecule has 3 rings (SSSR count). The molecule has 0 aliphatic heterocycles. The zero-order valence-electron chi connectivity index (χ0n) is 14.1. The van der Waals surface area contributed by atoms with E-state index in [9.17, 15) is 22.8 Å². The Hall–Kier alpha value is -3.27. The number of benzene rings is 1. The summed E-state index contributed by atoms with van der Waals surface area (Å²) in [4.78, 5) is 24.6. The highest BCUT2D eigenvalue weighted by atomic mass is 32.1. The first kappa shape index (κ1) is 19.5. The Bertz CT molecular complexity index is 950. The van der Waals surface area contributed by atoms with Crippen LogP contribution < -0.4 is 15.4 Å². The molecule has 0 fully saturated rings. The lowest BCUT2D eigenvalue weighted by atomic mass is 10.2. The average molecular weight is 410 g/mol. The number of carbonyl (C=O) groups excluding carboxylic acids is 2. The Morgan fingerprint density at radius 3 is 2.46 bits per heavy atom. The number of anilines is 1. The fourth-order valence-corrected chi connectivity index (χ4v) is 3.06. The molecule has 0 aliphatic carbocycles. The van der Waals surface area contributed by atoms with E-state index in [0.29, 0.717) is 0 Å². The first-order valence-electron chi connectivity index (χ1n) is 7.85. The van der Waals surface area contributed by atoms with Gasteiger partial charge in [0.15, 0.2) is 0 Å². The number of rotatable bonds is 5. The quantitative estimate of drug-likeness (QED) is 0.619. The molecule has 146 valence electrons. The van der Waals surface area contributed by atoms with Gasteiger partial charge in [-0.25, -0.2) is 0 Å². The van der Waals surface area contributed by atoms with Crippen LogP contribution in [0.4, 0.5) is 18.9 Å². The summed E-state index contributed by atoms with van der Waals surface area (Å²) in [7, 11) is 0. The minimum Gasteiger partial charge on any atom is -0.472 e. The summed E-state index contributed by atoms with van der Waals surface area (Å²) in [5.41, 5.74) is 2.01. The third-order valence-corrected chi connectivity index (χ3v) is 4.42. The Morgan fingerprint density at radius 2 is 1.82 bits per heavy atom. The molecule has 0 radical (unpaired) electrons. The molecule has 2 aromatic heterocycles. The molecule has 6 nitrogen and oxygen atoms in total. The Balaban J connectivity index is 1.50. The normalized spacial score (nSPS) is 11.1. The number of amides is 2. The van der Waals surface area contributed by atoms with Crippen molar-refractivity contribution < 1.29 is 31.9 Å². The molecule has 2 amide bonds. The summed E-state index contributed by atoms with van der Waals surface area (Å²) < 4.78 is 45.1. The van der Waals surface area contributed by atoms with Crippen LogP contribution >= 0.6 is 11.3 Å². The van der Waals surface area contributed by atoms with E-state index < -0.39 is 23.9 Å². The van der Waals surface area contributed by atoms with E-state index in [-0.39, 0.29) is 12.2 Å². The molecular weight excluding hydrogens is 397 g/mol. The maximum absolute atomic E-state index is 12.1. The summed E-state index contributed by atoms with van der Waals surface area (Å²) in [6, 6.07) is 8.13. The van der Waals surface area contributed by atoms with Crippen LogP contribution in [0, 0.1) is 0 Å². The Kier molecular flexibility index (Phi) is 5.69. The van der Waals surface area contributed by atoms with E-state index in [1.165, 1.54) is 23.5 Å². The van der Waals surface area contributed by atoms with Gasteiger partial charge in [0, 0.05) is 16.1 Å². The molecule has 0 saturated carbocycles. The Labute approximate surface area is 160 Å². The minimum absolute atomic E-state index is 0.160. The van der Waals surface area contributed by atoms with Crippen LogP contribution in [0.25, 0.3) is 11.1 Å². The highest BCUT2D eigenvalue weighted by molar-refractivity contribution is 7.10. The second-order valence-electron chi connectivity index (χ2n) is 5.52. The maximum atomic E-state index is 12.1. The summed E-state index contributed by atoms with van der Waals surface area (Å²) in [6.45, 7) is 0.160. The summed E-state index contributed by atoms with van der Waals surface area (Å²) >= 11 is 1.42. The van der Waals surface area contributed by atoms with Crippen molar-refractivity contribution in [2.24, 2.45) is 0 Å². The lowest BCUT2D eigenvalue weighted by molar-refractivity contribution is -0.274. The van der Waals surface area contributed by atoms with Crippen LogP contribution in [0.1, 0.15) is 4.88 Å². The molecule has 1 aromatic carbocycles. The number of hydrogen-bond donors (Lipinski definition) is 2. The van der Waals surface area contributed by atoms with Gasteiger partial charge in [0.2, 0.25) is 0 Å². The predicted molar refractivity (Wildman–Crippen MR) is 95.6 cm³/mol. The van der Waals surface area contributed by atoms with Crippen LogP contribution in [0.5, 0.6) is 5.75 Å². The predicted octanol–water partition coefficient (Wildman–Crippen LogP) is 4.16. The molecule has 28 heavy (non-hydrogen) atoms. The van der Waals surface area contributed by atoms with Gasteiger partial charge in [0.05, 0.1) is 19.1 Å². The zero-order valence-corrected chi connectivity index (χ0v) is 14.9. The molecule has 0 atom stereocenters. The molecular formula is C18H13F3N2O4S. The first-order chi connectivity index (χ1) is 13.3. The van der Waals surface area contributed by atoms with E-state index in [4.69, 9.17) is 4.42 Å². The fourth-order valence-electron chi connectivity index (χ4n) is 2.23. The highest BCUT2D eigenvalue weighted by Crippen LogP contribution is 2.26. The molecule has 2 N–H and O–H groups in total. The van der Waals surface area contributed by atoms with E-state index in [0.717, 1.165) is 28.1 Å². The molecule has 0 saturated heterocycles. The van der Waals surface area contributed by atoms with Crippen molar-refractivity contribution in [3.8, 4) is 16.9 Å². The van der Waals surface area contributed by atoms with Crippen molar-refractivity contribution in [2.45, 2.75) is 12.9 Å². The van der Waals surface area contributed by atoms with Crippen LogP contribution in [0.15, 0.2) is 58.7 Å². The van der Waals surface area contributed by atoms with Crippen molar-refractivity contribution in [1.82, 2.24) is 5.32 Å². The fraction of sp³-hybridized carbons (Fsp3) is 0.111. The van der Waals surface area contributed by atoms with Gasteiger partial charge in [0.1, 0.15) is 5.75 Å². The first-order valence-corrected chi connectivity index (χ1v) is 8.73. The largest absolute Gasteiger partial charge is 0.573 e. The molecule has 0 spiro atoms. The number of hydrogen-bond acceptors (Lipinski definition) is 5. The van der Waals surface area contributed by atoms with Gasteiger partial charge in [-0.15, -0.1) is 24.5 Å². The maximum Gasteiger partial charge on any atom is 0.573 e. The van der Waals surface area contributed by atoms with Crippen molar-refractivity contribution in [2.75, 3.05) is 5.32 Å². The monoisotopic (exact) mass is 410 g/mol. The second-order valence-corrected chi connectivity index (χ2v) is 6.52. The van der Waals surface area contributed by atoms with Gasteiger partial charge < -0.3 is 19.8 Å². The highest BCUT2D eigenvalue weighted by Gasteiger charge is 2.31. The van der Waals surface area contributed by atoms with Crippen molar-refractivity contribution in [1.29, 1.82) is 0 Å². The van der Waals surface area contributed by atoms with E-state index in [1.54, 1.807) is 12.5 Å². The van der Waals surface area contributed by atoms with Crippen molar-refractivity contribution >= 4 is 28.8 Å². The smallest absolute Gasteiger partial charge is 0.472 e. The van der Waals surface area contributed by atoms with Gasteiger partial charge in [-0.3, -0.25) is 9.59 Å². The van der Waals surface area contributed by atoms with Gasteiger partial charge in [-0.1, -0.05) is 0 Å². The molecule has 0 aliphatic rings. The van der Waals surface area contributed by atoms with E-state index in [2.05, 4.69) is 15.4 Å².